The van der Waals surface area contributed by atoms with Crippen molar-refractivity contribution in [3.05, 3.63) is 50.4 Å². The number of rotatable bonds is 9. The molecule has 0 aliphatic heterocycles. The minimum atomic E-state index is -3.25. The summed E-state index contributed by atoms with van der Waals surface area (Å²) >= 11 is 6.82. The lowest BCUT2D eigenvalue weighted by molar-refractivity contribution is -0.149. The quantitative estimate of drug-likeness (QED) is 0.270. The maximum Gasteiger partial charge on any atom is 0.329 e. The van der Waals surface area contributed by atoms with Crippen molar-refractivity contribution in [2.24, 2.45) is 5.92 Å². The Hall–Kier alpha value is -1.87. The van der Waals surface area contributed by atoms with Crippen LogP contribution in [-0.4, -0.2) is 53.1 Å². The standard InChI is InChI=1S/C23H28Br2NO7P/c1-6-32-23(29)20(13(2)3)26(4)22(28)16-11-15(7-8-19(16)27)33-21-17(24)9-14(10-18(21)25)12-34(5,30)31/h7-11,13,20,27H,6,12H2,1-5H3,(H,30,31)/t20-/m0/s1. The van der Waals surface area contributed by atoms with Crippen LogP contribution in [0.1, 0.15) is 36.7 Å². The van der Waals surface area contributed by atoms with Crippen LogP contribution in [0.15, 0.2) is 39.3 Å². The molecule has 0 saturated heterocycles. The SMILES string of the molecule is CCOC(=O)[C@H](C(C)C)N(C)C(=O)c1cc(Oc2c(Br)cc(CP(C)(=O)O)cc2Br)ccc1O. The summed E-state index contributed by atoms with van der Waals surface area (Å²) in [4.78, 5) is 36.5. The van der Waals surface area contributed by atoms with E-state index in [9.17, 15) is 24.2 Å². The van der Waals surface area contributed by atoms with Crippen molar-refractivity contribution in [1.29, 1.82) is 0 Å². The first-order valence-corrected chi connectivity index (χ1v) is 14.3. The number of esters is 1. The zero-order valence-electron chi connectivity index (χ0n) is 19.5. The number of phenolic OH excluding ortho intramolecular Hbond substituents is 1. The third-order valence-corrected chi connectivity index (χ3v) is 6.98. The summed E-state index contributed by atoms with van der Waals surface area (Å²) in [6, 6.07) is 6.75. The number of amides is 1. The molecular formula is C23H28Br2NO7P. The van der Waals surface area contributed by atoms with Crippen LogP contribution < -0.4 is 4.74 Å². The van der Waals surface area contributed by atoms with Gasteiger partial charge in [0.05, 0.1) is 21.1 Å². The molecule has 0 aliphatic carbocycles. The first-order chi connectivity index (χ1) is 15.7. The van der Waals surface area contributed by atoms with E-state index in [2.05, 4.69) is 31.9 Å². The molecule has 11 heteroatoms. The molecule has 2 rings (SSSR count). The molecule has 0 aliphatic rings. The maximum absolute atomic E-state index is 13.2. The Labute approximate surface area is 216 Å². The summed E-state index contributed by atoms with van der Waals surface area (Å²) in [5, 5.41) is 10.3. The summed E-state index contributed by atoms with van der Waals surface area (Å²) in [7, 11) is -1.77. The number of benzene rings is 2. The van der Waals surface area contributed by atoms with Crippen molar-refractivity contribution in [2.45, 2.75) is 33.0 Å². The van der Waals surface area contributed by atoms with Crippen molar-refractivity contribution < 1.29 is 33.6 Å². The largest absolute Gasteiger partial charge is 0.507 e. The number of ether oxygens (including phenoxy) is 2. The number of likely N-dealkylation sites (N-methyl/N-ethyl adjacent to an activating group) is 1. The number of carbonyl (C=O) groups excluding carboxylic acids is 2. The first kappa shape index (κ1) is 28.4. The van der Waals surface area contributed by atoms with E-state index in [1.807, 2.05) is 0 Å². The Balaban J connectivity index is 2.36. The van der Waals surface area contributed by atoms with Crippen LogP contribution in [0.4, 0.5) is 0 Å². The van der Waals surface area contributed by atoms with Crippen molar-refractivity contribution >= 4 is 51.1 Å². The van der Waals surface area contributed by atoms with Gasteiger partial charge in [0.2, 0.25) is 7.37 Å². The minimum absolute atomic E-state index is 0.00611. The second-order valence-electron chi connectivity index (χ2n) is 8.24. The van der Waals surface area contributed by atoms with Gasteiger partial charge in [0.15, 0.2) is 5.75 Å². The molecular weight excluding hydrogens is 593 g/mol. The highest BCUT2D eigenvalue weighted by atomic mass is 79.9. The van der Waals surface area contributed by atoms with Gasteiger partial charge in [0, 0.05) is 19.9 Å². The maximum atomic E-state index is 13.2. The molecule has 0 fully saturated rings. The molecule has 2 aromatic carbocycles. The molecule has 1 unspecified atom stereocenters. The fraction of sp³-hybridized carbons (Fsp3) is 0.391. The number of aromatic hydroxyl groups is 1. The van der Waals surface area contributed by atoms with Gasteiger partial charge in [-0.05, 0) is 80.6 Å². The fourth-order valence-corrected chi connectivity index (χ4v) is 5.73. The Bertz CT molecular complexity index is 1090. The minimum Gasteiger partial charge on any atom is -0.507 e. The van der Waals surface area contributed by atoms with Crippen LogP contribution >= 0.6 is 39.2 Å². The first-order valence-electron chi connectivity index (χ1n) is 10.5. The lowest BCUT2D eigenvalue weighted by Gasteiger charge is -2.29. The molecule has 1 amide bonds. The Morgan fingerprint density at radius 2 is 1.74 bits per heavy atom. The van der Waals surface area contributed by atoms with Crippen LogP contribution in [0.25, 0.3) is 0 Å². The highest BCUT2D eigenvalue weighted by molar-refractivity contribution is 9.11. The van der Waals surface area contributed by atoms with E-state index in [4.69, 9.17) is 9.47 Å². The highest BCUT2D eigenvalue weighted by Crippen LogP contribution is 2.44. The number of carbonyl (C=O) groups is 2. The average Bonchev–Trinajstić information content (AvgIpc) is 2.70. The molecule has 0 bridgehead atoms. The molecule has 0 saturated carbocycles. The topological polar surface area (TPSA) is 113 Å². The molecule has 0 spiro atoms. The van der Waals surface area contributed by atoms with Gasteiger partial charge in [-0.25, -0.2) is 4.79 Å². The van der Waals surface area contributed by atoms with Gasteiger partial charge in [-0.15, -0.1) is 0 Å². The monoisotopic (exact) mass is 619 g/mol. The Kier molecular flexibility index (Phi) is 9.77. The normalized spacial score (nSPS) is 13.8. The number of hydrogen-bond acceptors (Lipinski definition) is 6. The van der Waals surface area contributed by atoms with Gasteiger partial charge >= 0.3 is 5.97 Å². The summed E-state index contributed by atoms with van der Waals surface area (Å²) < 4.78 is 23.9. The van der Waals surface area contributed by atoms with Crippen LogP contribution in [0, 0.1) is 5.92 Å². The number of hydrogen-bond donors (Lipinski definition) is 2. The lowest BCUT2D eigenvalue weighted by Crippen LogP contribution is -2.46. The highest BCUT2D eigenvalue weighted by Gasteiger charge is 2.32. The zero-order chi connectivity index (χ0) is 25.8. The second-order valence-corrected chi connectivity index (χ2v) is 12.4. The molecule has 2 N–H and O–H groups in total. The summed E-state index contributed by atoms with van der Waals surface area (Å²) in [5.41, 5.74) is 0.604. The van der Waals surface area contributed by atoms with Crippen LogP contribution in [-0.2, 0) is 20.3 Å². The third kappa shape index (κ3) is 7.31. The molecule has 2 atom stereocenters. The molecule has 34 heavy (non-hydrogen) atoms. The van der Waals surface area contributed by atoms with Crippen molar-refractivity contribution in [2.75, 3.05) is 20.3 Å². The predicted octanol–water partition coefficient (Wildman–Crippen LogP) is 5.77. The van der Waals surface area contributed by atoms with Gasteiger partial charge in [-0.2, -0.15) is 0 Å². The van der Waals surface area contributed by atoms with Gasteiger partial charge in [0.25, 0.3) is 5.91 Å². The average molecular weight is 621 g/mol. The van der Waals surface area contributed by atoms with Crippen molar-refractivity contribution in [3.63, 3.8) is 0 Å². The fourth-order valence-electron chi connectivity index (χ4n) is 3.43. The number of halogens is 2. The molecule has 0 radical (unpaired) electrons. The van der Waals surface area contributed by atoms with Gasteiger partial charge in [-0.1, -0.05) is 13.8 Å². The predicted molar refractivity (Wildman–Crippen MR) is 137 cm³/mol. The van der Waals surface area contributed by atoms with E-state index in [1.165, 1.54) is 36.8 Å². The summed E-state index contributed by atoms with van der Waals surface area (Å²) in [6.45, 7) is 6.78. The van der Waals surface area contributed by atoms with Crippen LogP contribution in [0.3, 0.4) is 0 Å². The van der Waals surface area contributed by atoms with Crippen molar-refractivity contribution in [1.82, 2.24) is 4.90 Å². The number of phenols is 1. The van der Waals surface area contributed by atoms with E-state index in [-0.39, 0.29) is 35.7 Å². The third-order valence-electron chi connectivity index (χ3n) is 4.85. The van der Waals surface area contributed by atoms with Gasteiger partial charge in [-0.3, -0.25) is 9.36 Å². The Morgan fingerprint density at radius 1 is 1.15 bits per heavy atom. The van der Waals surface area contributed by atoms with Crippen LogP contribution in [0.5, 0.6) is 17.2 Å². The van der Waals surface area contributed by atoms with E-state index in [1.54, 1.807) is 32.9 Å². The molecule has 8 nitrogen and oxygen atoms in total. The summed E-state index contributed by atoms with van der Waals surface area (Å²) in [5.74, 6) is -0.901. The van der Waals surface area contributed by atoms with E-state index < -0.39 is 25.3 Å². The van der Waals surface area contributed by atoms with Gasteiger partial charge in [0.1, 0.15) is 17.5 Å². The molecule has 186 valence electrons. The van der Waals surface area contributed by atoms with E-state index in [0.29, 0.717) is 20.3 Å². The summed E-state index contributed by atoms with van der Waals surface area (Å²) in [6.07, 6.45) is 0.00611. The number of nitrogens with zero attached hydrogens (tertiary/aromatic N) is 1. The zero-order valence-corrected chi connectivity index (χ0v) is 23.6. The lowest BCUT2D eigenvalue weighted by atomic mass is 10.0. The van der Waals surface area contributed by atoms with E-state index in [0.717, 1.165) is 0 Å². The molecule has 0 aromatic heterocycles. The molecule has 2 aromatic rings. The van der Waals surface area contributed by atoms with Gasteiger partial charge < -0.3 is 24.4 Å². The Morgan fingerprint density at radius 3 is 2.24 bits per heavy atom. The van der Waals surface area contributed by atoms with Crippen LogP contribution in [0.2, 0.25) is 0 Å². The van der Waals surface area contributed by atoms with Crippen molar-refractivity contribution in [3.8, 4) is 17.2 Å². The van der Waals surface area contributed by atoms with E-state index >= 15 is 0 Å². The molecule has 0 heterocycles. The smallest absolute Gasteiger partial charge is 0.329 e. The second kappa shape index (κ2) is 11.7.